The Hall–Kier alpha value is -2.95. The van der Waals surface area contributed by atoms with Gasteiger partial charge >= 0.3 is 6.03 Å². The van der Waals surface area contributed by atoms with Gasteiger partial charge in [0.1, 0.15) is 23.7 Å². The summed E-state index contributed by atoms with van der Waals surface area (Å²) < 4.78 is 13.5. The molecule has 1 N–H and O–H groups in total. The molecule has 0 saturated carbocycles. The molecule has 3 aromatic rings. The second-order valence-electron chi connectivity index (χ2n) is 7.38. The van der Waals surface area contributed by atoms with Gasteiger partial charge in [-0.3, -0.25) is 14.9 Å². The molecule has 3 aromatic carbocycles. The highest BCUT2D eigenvalue weighted by Gasteiger charge is 2.37. The van der Waals surface area contributed by atoms with Gasteiger partial charge in [0, 0.05) is 14.5 Å². The quantitative estimate of drug-likeness (QED) is 0.250. The molecule has 4 rings (SSSR count). The predicted molar refractivity (Wildman–Crippen MR) is 142 cm³/mol. The maximum atomic E-state index is 13.3. The highest BCUT2D eigenvalue weighted by atomic mass is 79.9. The summed E-state index contributed by atoms with van der Waals surface area (Å²) >= 11 is 10.3. The largest absolute Gasteiger partial charge is 0.497 e. The number of carbonyl (C=O) groups excluding carboxylic acids is 3. The van der Waals surface area contributed by atoms with Gasteiger partial charge in [-0.1, -0.05) is 44.0 Å². The smallest absolute Gasteiger partial charge is 0.335 e. The molecule has 0 bridgehead atoms. The second-order valence-corrected chi connectivity index (χ2v) is 10.1. The number of hydrogen-bond donors (Lipinski definition) is 1. The SMILES string of the molecule is COc1ccc(N2C(=O)NC(=O)/C(=C\c3cc(Br)cc(Br)c3OCc3ccc(Br)cc3)C2=O)cc1. The molecule has 4 amide bonds. The van der Waals surface area contributed by atoms with Gasteiger partial charge in [0.15, 0.2) is 0 Å². The van der Waals surface area contributed by atoms with Crippen LogP contribution in [0.3, 0.4) is 0 Å². The average Bonchev–Trinajstić information content (AvgIpc) is 2.82. The summed E-state index contributed by atoms with van der Waals surface area (Å²) in [5.74, 6) is -0.535. The van der Waals surface area contributed by atoms with Crippen molar-refractivity contribution < 1.29 is 23.9 Å². The van der Waals surface area contributed by atoms with Crippen molar-refractivity contribution in [1.82, 2.24) is 5.32 Å². The first kappa shape index (κ1) is 25.2. The third-order valence-corrected chi connectivity index (χ3v) is 6.64. The molecular weight excluding hydrogens is 648 g/mol. The van der Waals surface area contributed by atoms with Gasteiger partial charge in [0.2, 0.25) is 0 Å². The summed E-state index contributed by atoms with van der Waals surface area (Å²) in [6.45, 7) is 0.264. The number of carbonyl (C=O) groups is 3. The highest BCUT2D eigenvalue weighted by molar-refractivity contribution is 9.11. The highest BCUT2D eigenvalue weighted by Crippen LogP contribution is 2.36. The van der Waals surface area contributed by atoms with E-state index in [1.165, 1.54) is 13.2 Å². The van der Waals surface area contributed by atoms with E-state index in [2.05, 4.69) is 53.1 Å². The van der Waals surface area contributed by atoms with E-state index in [1.807, 2.05) is 24.3 Å². The van der Waals surface area contributed by atoms with Crippen LogP contribution in [0.4, 0.5) is 10.5 Å². The van der Waals surface area contributed by atoms with Crippen molar-refractivity contribution >= 4 is 77.4 Å². The van der Waals surface area contributed by atoms with Crippen molar-refractivity contribution in [1.29, 1.82) is 0 Å². The summed E-state index contributed by atoms with van der Waals surface area (Å²) in [5.41, 5.74) is 1.50. The van der Waals surface area contributed by atoms with Crippen LogP contribution in [0.25, 0.3) is 6.08 Å². The Balaban J connectivity index is 1.69. The number of halogens is 3. The third kappa shape index (κ3) is 5.66. The van der Waals surface area contributed by atoms with Crippen LogP contribution in [0.15, 0.2) is 79.7 Å². The summed E-state index contributed by atoms with van der Waals surface area (Å²) in [7, 11) is 1.51. The first-order valence-electron chi connectivity index (χ1n) is 10.2. The first-order valence-corrected chi connectivity index (χ1v) is 12.6. The lowest BCUT2D eigenvalue weighted by atomic mass is 10.1. The normalized spacial score (nSPS) is 14.8. The van der Waals surface area contributed by atoms with E-state index in [0.717, 1.165) is 14.9 Å². The van der Waals surface area contributed by atoms with E-state index in [0.29, 0.717) is 31.7 Å². The van der Waals surface area contributed by atoms with Crippen molar-refractivity contribution in [3.8, 4) is 11.5 Å². The topological polar surface area (TPSA) is 84.9 Å². The molecule has 0 atom stereocenters. The molecule has 7 nitrogen and oxygen atoms in total. The molecule has 1 fully saturated rings. The Labute approximate surface area is 226 Å². The summed E-state index contributed by atoms with van der Waals surface area (Å²) in [6, 6.07) is 16.7. The van der Waals surface area contributed by atoms with Gasteiger partial charge in [-0.15, -0.1) is 0 Å². The van der Waals surface area contributed by atoms with Crippen molar-refractivity contribution in [3.05, 3.63) is 90.8 Å². The molecule has 0 spiro atoms. The molecule has 1 aliphatic rings. The molecule has 1 aliphatic heterocycles. The Morgan fingerprint density at radius 3 is 2.26 bits per heavy atom. The van der Waals surface area contributed by atoms with Gasteiger partial charge in [-0.2, -0.15) is 0 Å². The third-order valence-electron chi connectivity index (χ3n) is 5.07. The fraction of sp³-hybridized carbons (Fsp3) is 0.0800. The lowest BCUT2D eigenvalue weighted by Gasteiger charge is -2.26. The van der Waals surface area contributed by atoms with Crippen LogP contribution >= 0.6 is 47.8 Å². The summed E-state index contributed by atoms with van der Waals surface area (Å²) in [6.07, 6.45) is 1.41. The number of methoxy groups -OCH3 is 1. The van der Waals surface area contributed by atoms with Crippen molar-refractivity contribution in [2.24, 2.45) is 0 Å². The maximum absolute atomic E-state index is 13.3. The van der Waals surface area contributed by atoms with E-state index in [1.54, 1.807) is 36.4 Å². The molecule has 10 heteroatoms. The van der Waals surface area contributed by atoms with Crippen molar-refractivity contribution in [3.63, 3.8) is 0 Å². The number of imide groups is 2. The number of nitrogens with zero attached hydrogens (tertiary/aromatic N) is 1. The standard InChI is InChI=1S/C25H17Br3N2O5/c1-34-19-8-6-18(7-9-19)30-24(32)20(23(31)29-25(30)33)11-15-10-17(27)12-21(28)22(15)35-13-14-2-4-16(26)5-3-14/h2-12H,13H2,1H3,(H,29,31,33)/b20-11+. The number of hydrogen-bond acceptors (Lipinski definition) is 5. The minimum absolute atomic E-state index is 0.209. The number of barbiturate groups is 1. The summed E-state index contributed by atoms with van der Waals surface area (Å²) in [5, 5.41) is 2.23. The molecule has 0 unspecified atom stereocenters. The monoisotopic (exact) mass is 662 g/mol. The number of amides is 4. The van der Waals surface area contributed by atoms with Crippen LogP contribution in [0.5, 0.6) is 11.5 Å². The minimum atomic E-state index is -0.829. The molecular formula is C25H17Br3N2O5. The van der Waals surface area contributed by atoms with Gasteiger partial charge in [0.25, 0.3) is 11.8 Å². The summed E-state index contributed by atoms with van der Waals surface area (Å²) in [4.78, 5) is 39.3. The number of nitrogens with one attached hydrogen (secondary N) is 1. The van der Waals surface area contributed by atoms with E-state index in [-0.39, 0.29) is 12.2 Å². The molecule has 0 radical (unpaired) electrons. The van der Waals surface area contributed by atoms with Crippen LogP contribution in [0.1, 0.15) is 11.1 Å². The number of urea groups is 1. The molecule has 0 aliphatic carbocycles. The van der Waals surface area contributed by atoms with E-state index in [9.17, 15) is 14.4 Å². The molecule has 35 heavy (non-hydrogen) atoms. The Morgan fingerprint density at radius 1 is 0.914 bits per heavy atom. The Kier molecular flexibility index (Phi) is 7.73. The van der Waals surface area contributed by atoms with Crippen LogP contribution in [-0.2, 0) is 16.2 Å². The number of rotatable bonds is 6. The lowest BCUT2D eigenvalue weighted by Crippen LogP contribution is -2.54. The zero-order valence-electron chi connectivity index (χ0n) is 18.2. The van der Waals surface area contributed by atoms with Crippen molar-refractivity contribution in [2.45, 2.75) is 6.61 Å². The molecule has 178 valence electrons. The second kappa shape index (κ2) is 10.8. The maximum Gasteiger partial charge on any atom is 0.335 e. The van der Waals surface area contributed by atoms with Gasteiger partial charge < -0.3 is 9.47 Å². The van der Waals surface area contributed by atoms with Gasteiger partial charge in [-0.05, 0) is 76.1 Å². The van der Waals surface area contributed by atoms with Gasteiger partial charge in [-0.25, -0.2) is 9.69 Å². The first-order chi connectivity index (χ1) is 16.8. The van der Waals surface area contributed by atoms with Crippen molar-refractivity contribution in [2.75, 3.05) is 12.0 Å². The predicted octanol–water partition coefficient (Wildman–Crippen LogP) is 6.23. The van der Waals surface area contributed by atoms with E-state index >= 15 is 0 Å². The number of benzene rings is 3. The minimum Gasteiger partial charge on any atom is -0.497 e. The molecule has 1 heterocycles. The number of ether oxygens (including phenoxy) is 2. The van der Waals surface area contributed by atoms with Crippen LogP contribution < -0.4 is 19.7 Å². The van der Waals surface area contributed by atoms with E-state index < -0.39 is 17.8 Å². The zero-order chi connectivity index (χ0) is 25.1. The fourth-order valence-electron chi connectivity index (χ4n) is 3.35. The average molecular weight is 665 g/mol. The Morgan fingerprint density at radius 2 is 1.60 bits per heavy atom. The number of anilines is 1. The van der Waals surface area contributed by atoms with Crippen LogP contribution in [0.2, 0.25) is 0 Å². The fourth-order valence-corrected chi connectivity index (χ4v) is 4.99. The zero-order valence-corrected chi connectivity index (χ0v) is 22.9. The molecule has 1 saturated heterocycles. The Bertz CT molecular complexity index is 1340. The lowest BCUT2D eigenvalue weighted by molar-refractivity contribution is -0.122. The molecule has 0 aromatic heterocycles. The van der Waals surface area contributed by atoms with Gasteiger partial charge in [0.05, 0.1) is 17.3 Å². The van der Waals surface area contributed by atoms with Crippen LogP contribution in [0, 0.1) is 0 Å². The van der Waals surface area contributed by atoms with E-state index in [4.69, 9.17) is 9.47 Å². The van der Waals surface area contributed by atoms with Crippen LogP contribution in [-0.4, -0.2) is 25.0 Å².